The number of rotatable bonds is 10. The number of carbonyl (C=O) groups is 2. The first-order chi connectivity index (χ1) is 14.3. The summed E-state index contributed by atoms with van der Waals surface area (Å²) in [6.45, 7) is 3.61. The number of nitrogens with zero attached hydrogens (tertiary/aromatic N) is 2. The van der Waals surface area contributed by atoms with Crippen molar-refractivity contribution in [2.24, 2.45) is 0 Å². The fourth-order valence-corrected chi connectivity index (χ4v) is 2.70. The van der Waals surface area contributed by atoms with E-state index in [-0.39, 0.29) is 37.0 Å². The molecule has 0 spiro atoms. The van der Waals surface area contributed by atoms with Crippen LogP contribution >= 0.6 is 0 Å². The minimum atomic E-state index is -0.583. The van der Waals surface area contributed by atoms with Crippen LogP contribution in [0.4, 0.5) is 11.4 Å². The molecule has 2 amide bonds. The molecule has 0 heterocycles. The highest BCUT2D eigenvalue weighted by molar-refractivity contribution is 5.95. The first kappa shape index (κ1) is 22.8. The van der Waals surface area contributed by atoms with Gasteiger partial charge in [0.2, 0.25) is 5.91 Å². The summed E-state index contributed by atoms with van der Waals surface area (Å²) in [5, 5.41) is 13.9. The van der Waals surface area contributed by atoms with E-state index in [0.29, 0.717) is 5.69 Å². The summed E-state index contributed by atoms with van der Waals surface area (Å²) >= 11 is 0. The van der Waals surface area contributed by atoms with Gasteiger partial charge in [-0.25, -0.2) is 0 Å². The van der Waals surface area contributed by atoms with Crippen LogP contribution in [0.1, 0.15) is 11.1 Å². The van der Waals surface area contributed by atoms with Gasteiger partial charge in [0.1, 0.15) is 6.54 Å². The standard InChI is InChI=1S/C21H25N3O6/c1-15-7-6-8-17(16(15)2)22-20(25)13-23(11-12-29-3)21(26)14-30-19-10-5-4-9-18(19)24(27)28/h4-10H,11-14H2,1-3H3,(H,22,25). The molecule has 0 saturated heterocycles. The van der Waals surface area contributed by atoms with Gasteiger partial charge in [0, 0.05) is 25.4 Å². The van der Waals surface area contributed by atoms with Crippen LogP contribution in [0.25, 0.3) is 0 Å². The lowest BCUT2D eigenvalue weighted by Crippen LogP contribution is -2.42. The Morgan fingerprint density at radius 3 is 2.57 bits per heavy atom. The van der Waals surface area contributed by atoms with Crippen LogP contribution in [0.3, 0.4) is 0 Å². The molecule has 0 radical (unpaired) electrons. The molecule has 0 fully saturated rings. The van der Waals surface area contributed by atoms with Crippen LogP contribution in [-0.2, 0) is 14.3 Å². The molecule has 0 aromatic heterocycles. The van der Waals surface area contributed by atoms with E-state index in [1.54, 1.807) is 12.1 Å². The number of aryl methyl sites for hydroxylation is 1. The van der Waals surface area contributed by atoms with Crippen LogP contribution in [0.2, 0.25) is 0 Å². The number of anilines is 1. The summed E-state index contributed by atoms with van der Waals surface area (Å²) in [7, 11) is 1.49. The molecule has 2 rings (SSSR count). The Kier molecular flexibility index (Phi) is 8.30. The lowest BCUT2D eigenvalue weighted by atomic mass is 10.1. The molecule has 0 saturated carbocycles. The van der Waals surface area contributed by atoms with Crippen LogP contribution < -0.4 is 10.1 Å². The van der Waals surface area contributed by atoms with Crippen LogP contribution in [0, 0.1) is 24.0 Å². The maximum atomic E-state index is 12.6. The molecule has 9 nitrogen and oxygen atoms in total. The lowest BCUT2D eigenvalue weighted by molar-refractivity contribution is -0.385. The Morgan fingerprint density at radius 1 is 1.13 bits per heavy atom. The Hall–Kier alpha value is -3.46. The second kappa shape index (κ2) is 10.9. The van der Waals surface area contributed by atoms with Crippen molar-refractivity contribution in [3.63, 3.8) is 0 Å². The number of para-hydroxylation sites is 2. The SMILES string of the molecule is COCCN(CC(=O)Nc1cccc(C)c1C)C(=O)COc1ccccc1[N+](=O)[O-]. The fraction of sp³-hybridized carbons (Fsp3) is 0.333. The second-order valence-electron chi connectivity index (χ2n) is 6.62. The van der Waals surface area contributed by atoms with Crippen LogP contribution in [0.15, 0.2) is 42.5 Å². The topological polar surface area (TPSA) is 111 Å². The van der Waals surface area contributed by atoms with E-state index in [4.69, 9.17) is 9.47 Å². The van der Waals surface area contributed by atoms with E-state index in [2.05, 4.69) is 5.32 Å². The number of nitro benzene ring substituents is 1. The second-order valence-corrected chi connectivity index (χ2v) is 6.62. The predicted molar refractivity (Wildman–Crippen MR) is 112 cm³/mol. The molecule has 0 aliphatic rings. The van der Waals surface area contributed by atoms with E-state index in [1.165, 1.54) is 30.2 Å². The monoisotopic (exact) mass is 415 g/mol. The van der Waals surface area contributed by atoms with E-state index >= 15 is 0 Å². The van der Waals surface area contributed by atoms with Gasteiger partial charge in [-0.05, 0) is 37.1 Å². The molecule has 2 aromatic rings. The number of methoxy groups -OCH3 is 1. The molecular formula is C21H25N3O6. The summed E-state index contributed by atoms with van der Waals surface area (Å²) in [6.07, 6.45) is 0. The van der Waals surface area contributed by atoms with Crippen LogP contribution in [0.5, 0.6) is 5.75 Å². The molecule has 0 bridgehead atoms. The minimum absolute atomic E-state index is 0.0117. The molecule has 0 aliphatic carbocycles. The van der Waals surface area contributed by atoms with E-state index in [1.807, 2.05) is 26.0 Å². The van der Waals surface area contributed by atoms with E-state index in [9.17, 15) is 19.7 Å². The highest BCUT2D eigenvalue weighted by atomic mass is 16.6. The van der Waals surface area contributed by atoms with Gasteiger partial charge in [-0.2, -0.15) is 0 Å². The van der Waals surface area contributed by atoms with Gasteiger partial charge in [-0.1, -0.05) is 24.3 Å². The molecule has 9 heteroatoms. The van der Waals surface area contributed by atoms with Crippen molar-refractivity contribution in [1.82, 2.24) is 4.90 Å². The highest BCUT2D eigenvalue weighted by Crippen LogP contribution is 2.25. The van der Waals surface area contributed by atoms with Crippen molar-refractivity contribution in [2.75, 3.05) is 38.7 Å². The summed E-state index contributed by atoms with van der Waals surface area (Å²) < 4.78 is 10.4. The Morgan fingerprint density at radius 2 is 1.87 bits per heavy atom. The normalized spacial score (nSPS) is 10.4. The first-order valence-electron chi connectivity index (χ1n) is 9.32. The third-order valence-corrected chi connectivity index (χ3v) is 4.54. The van der Waals surface area contributed by atoms with Gasteiger partial charge in [-0.15, -0.1) is 0 Å². The zero-order valence-electron chi connectivity index (χ0n) is 17.2. The van der Waals surface area contributed by atoms with E-state index < -0.39 is 17.4 Å². The van der Waals surface area contributed by atoms with Crippen molar-refractivity contribution in [3.8, 4) is 5.75 Å². The summed E-state index contributed by atoms with van der Waals surface area (Å²) in [5.41, 5.74) is 2.43. The molecule has 1 N–H and O–H groups in total. The van der Waals surface area contributed by atoms with Crippen molar-refractivity contribution in [2.45, 2.75) is 13.8 Å². The van der Waals surface area contributed by atoms with Gasteiger partial charge < -0.3 is 19.7 Å². The number of nitro groups is 1. The number of hydrogen-bond acceptors (Lipinski definition) is 6. The summed E-state index contributed by atoms with van der Waals surface area (Å²) in [5.74, 6) is -0.859. The Balaban J connectivity index is 2.03. The molecule has 0 unspecified atom stereocenters. The fourth-order valence-electron chi connectivity index (χ4n) is 2.70. The quantitative estimate of drug-likeness (QED) is 0.472. The molecule has 0 aliphatic heterocycles. The summed E-state index contributed by atoms with van der Waals surface area (Å²) in [6, 6.07) is 11.4. The predicted octanol–water partition coefficient (Wildman–Crippen LogP) is 2.70. The maximum Gasteiger partial charge on any atom is 0.310 e. The van der Waals surface area contributed by atoms with Crippen molar-refractivity contribution < 1.29 is 24.0 Å². The Bertz CT molecular complexity index is 915. The number of ether oxygens (including phenoxy) is 2. The van der Waals surface area contributed by atoms with Crippen molar-refractivity contribution >= 4 is 23.2 Å². The largest absolute Gasteiger partial charge is 0.477 e. The minimum Gasteiger partial charge on any atom is -0.477 e. The average molecular weight is 415 g/mol. The number of benzene rings is 2. The number of amides is 2. The molecule has 30 heavy (non-hydrogen) atoms. The molecule has 160 valence electrons. The highest BCUT2D eigenvalue weighted by Gasteiger charge is 2.20. The third-order valence-electron chi connectivity index (χ3n) is 4.54. The summed E-state index contributed by atoms with van der Waals surface area (Å²) in [4.78, 5) is 36.9. The first-order valence-corrected chi connectivity index (χ1v) is 9.32. The molecular weight excluding hydrogens is 390 g/mol. The van der Waals surface area contributed by atoms with Gasteiger partial charge >= 0.3 is 5.69 Å². The molecule has 2 aromatic carbocycles. The van der Waals surface area contributed by atoms with Crippen molar-refractivity contribution in [1.29, 1.82) is 0 Å². The zero-order valence-corrected chi connectivity index (χ0v) is 17.2. The smallest absolute Gasteiger partial charge is 0.310 e. The van der Waals surface area contributed by atoms with Gasteiger partial charge in [0.05, 0.1) is 11.5 Å². The van der Waals surface area contributed by atoms with Crippen LogP contribution in [-0.4, -0.2) is 55.1 Å². The average Bonchev–Trinajstić information content (AvgIpc) is 2.72. The van der Waals surface area contributed by atoms with Gasteiger partial charge in [0.15, 0.2) is 12.4 Å². The number of nitrogens with one attached hydrogen (secondary N) is 1. The maximum absolute atomic E-state index is 12.6. The number of carbonyl (C=O) groups excluding carboxylic acids is 2. The van der Waals surface area contributed by atoms with Gasteiger partial charge in [0.25, 0.3) is 5.91 Å². The molecule has 0 atom stereocenters. The Labute approximate surface area is 174 Å². The van der Waals surface area contributed by atoms with Gasteiger partial charge in [-0.3, -0.25) is 19.7 Å². The third kappa shape index (κ3) is 6.28. The zero-order chi connectivity index (χ0) is 22.1. The number of hydrogen-bond donors (Lipinski definition) is 1. The van der Waals surface area contributed by atoms with E-state index in [0.717, 1.165) is 11.1 Å². The lowest BCUT2D eigenvalue weighted by Gasteiger charge is -2.22. The van der Waals surface area contributed by atoms with Crippen molar-refractivity contribution in [3.05, 3.63) is 63.7 Å².